The maximum absolute atomic E-state index is 11.9. The third kappa shape index (κ3) is 2.93. The fourth-order valence-electron chi connectivity index (χ4n) is 2.25. The Morgan fingerprint density at radius 3 is 2.89 bits per heavy atom. The predicted octanol–water partition coefficient (Wildman–Crippen LogP) is 1.94. The molecule has 1 fully saturated rings. The fourth-order valence-corrected chi connectivity index (χ4v) is 2.81. The van der Waals surface area contributed by atoms with Crippen molar-refractivity contribution in [3.05, 3.63) is 47.0 Å². The van der Waals surface area contributed by atoms with Crippen LogP contribution in [-0.4, -0.2) is 16.9 Å². The molecule has 0 bridgehead atoms. The molecule has 19 heavy (non-hydrogen) atoms. The van der Waals surface area contributed by atoms with Crippen LogP contribution in [0.4, 0.5) is 5.13 Å². The van der Waals surface area contributed by atoms with Gasteiger partial charge in [-0.05, 0) is 12.0 Å². The number of hydrogen-bond acceptors (Lipinski definition) is 4. The Labute approximate surface area is 115 Å². The Balaban J connectivity index is 1.52. The second-order valence-electron chi connectivity index (χ2n) is 4.78. The molecule has 2 unspecified atom stereocenters. The van der Waals surface area contributed by atoms with Crippen LogP contribution in [0.25, 0.3) is 0 Å². The number of nitrogens with two attached hydrogens (primary N) is 1. The number of thiazole rings is 1. The van der Waals surface area contributed by atoms with Crippen molar-refractivity contribution in [2.24, 2.45) is 0 Å². The monoisotopic (exact) mass is 273 g/mol. The molecule has 1 aliphatic rings. The number of carbonyl (C=O) groups is 1. The zero-order chi connectivity index (χ0) is 13.2. The van der Waals surface area contributed by atoms with Gasteiger partial charge >= 0.3 is 0 Å². The zero-order valence-electron chi connectivity index (χ0n) is 10.4. The third-order valence-corrected chi connectivity index (χ3v) is 4.00. The van der Waals surface area contributed by atoms with Crippen LogP contribution in [0.5, 0.6) is 0 Å². The molecule has 0 radical (unpaired) electrons. The smallest absolute Gasteiger partial charge is 0.226 e. The highest BCUT2D eigenvalue weighted by Crippen LogP contribution is 2.40. The van der Waals surface area contributed by atoms with E-state index in [0.717, 1.165) is 12.1 Å². The van der Waals surface area contributed by atoms with E-state index < -0.39 is 0 Å². The van der Waals surface area contributed by atoms with Crippen LogP contribution in [0.2, 0.25) is 0 Å². The van der Waals surface area contributed by atoms with Crippen molar-refractivity contribution in [2.75, 3.05) is 5.73 Å². The first-order valence-electron chi connectivity index (χ1n) is 6.26. The van der Waals surface area contributed by atoms with E-state index in [4.69, 9.17) is 5.73 Å². The van der Waals surface area contributed by atoms with Gasteiger partial charge in [0, 0.05) is 17.3 Å². The van der Waals surface area contributed by atoms with Crippen LogP contribution in [0.3, 0.4) is 0 Å². The summed E-state index contributed by atoms with van der Waals surface area (Å²) < 4.78 is 0. The lowest BCUT2D eigenvalue weighted by atomic mass is 10.1. The van der Waals surface area contributed by atoms with Crippen LogP contribution in [-0.2, 0) is 11.2 Å². The summed E-state index contributed by atoms with van der Waals surface area (Å²) in [4.78, 5) is 16.0. The lowest BCUT2D eigenvalue weighted by Gasteiger charge is -2.03. The molecule has 1 aliphatic carbocycles. The van der Waals surface area contributed by atoms with E-state index in [1.54, 1.807) is 0 Å². The molecule has 4 nitrogen and oxygen atoms in total. The summed E-state index contributed by atoms with van der Waals surface area (Å²) in [5.74, 6) is 0.486. The molecule has 0 spiro atoms. The van der Waals surface area contributed by atoms with E-state index in [2.05, 4.69) is 22.4 Å². The van der Waals surface area contributed by atoms with E-state index in [1.807, 2.05) is 23.6 Å². The molecule has 0 saturated heterocycles. The Hall–Kier alpha value is -1.88. The van der Waals surface area contributed by atoms with E-state index in [-0.39, 0.29) is 11.9 Å². The van der Waals surface area contributed by atoms with Crippen molar-refractivity contribution < 1.29 is 4.79 Å². The summed E-state index contributed by atoms with van der Waals surface area (Å²) in [5.41, 5.74) is 7.59. The largest absolute Gasteiger partial charge is 0.375 e. The molecule has 1 heterocycles. The highest BCUT2D eigenvalue weighted by atomic mass is 32.1. The first-order valence-corrected chi connectivity index (χ1v) is 7.14. The van der Waals surface area contributed by atoms with Crippen molar-refractivity contribution in [1.82, 2.24) is 10.3 Å². The van der Waals surface area contributed by atoms with Gasteiger partial charge in [-0.25, -0.2) is 4.98 Å². The van der Waals surface area contributed by atoms with Gasteiger partial charge in [0.15, 0.2) is 5.13 Å². The van der Waals surface area contributed by atoms with Crippen LogP contribution in [0, 0.1) is 0 Å². The molecule has 2 atom stereocenters. The molecule has 1 amide bonds. The molecule has 1 aromatic carbocycles. The average molecular weight is 273 g/mol. The molecule has 1 aromatic heterocycles. The van der Waals surface area contributed by atoms with Crippen molar-refractivity contribution in [3.8, 4) is 0 Å². The SMILES string of the molecule is Nc1nc(CC(=O)NC2CC2c2ccccc2)cs1. The number of hydrogen-bond donors (Lipinski definition) is 2. The molecule has 5 heteroatoms. The minimum absolute atomic E-state index is 0.0220. The third-order valence-electron chi connectivity index (χ3n) is 3.28. The van der Waals surface area contributed by atoms with E-state index >= 15 is 0 Å². The molecule has 2 aromatic rings. The maximum Gasteiger partial charge on any atom is 0.226 e. The lowest BCUT2D eigenvalue weighted by Crippen LogP contribution is -2.28. The van der Waals surface area contributed by atoms with E-state index in [9.17, 15) is 4.79 Å². The van der Waals surface area contributed by atoms with Gasteiger partial charge in [-0.2, -0.15) is 0 Å². The molecule has 98 valence electrons. The van der Waals surface area contributed by atoms with Crippen molar-refractivity contribution in [3.63, 3.8) is 0 Å². The quantitative estimate of drug-likeness (QED) is 0.894. The number of nitrogens with zero attached hydrogens (tertiary/aromatic N) is 1. The summed E-state index contributed by atoms with van der Waals surface area (Å²) in [7, 11) is 0. The van der Waals surface area contributed by atoms with Crippen LogP contribution >= 0.6 is 11.3 Å². The van der Waals surface area contributed by atoms with Crippen molar-refractivity contribution in [2.45, 2.75) is 24.8 Å². The summed E-state index contributed by atoms with van der Waals surface area (Å²) in [6.07, 6.45) is 1.33. The first-order chi connectivity index (χ1) is 9.22. The van der Waals surface area contributed by atoms with Gasteiger partial charge in [0.2, 0.25) is 5.91 Å². The number of anilines is 1. The number of nitrogens with one attached hydrogen (secondary N) is 1. The Morgan fingerprint density at radius 1 is 1.42 bits per heavy atom. The summed E-state index contributed by atoms with van der Waals surface area (Å²) in [5, 5.41) is 5.39. The second kappa shape index (κ2) is 5.01. The predicted molar refractivity (Wildman–Crippen MR) is 76.0 cm³/mol. The van der Waals surface area contributed by atoms with Crippen LogP contribution in [0.15, 0.2) is 35.7 Å². The Kier molecular flexibility index (Phi) is 3.21. The molecular formula is C14H15N3OS. The Morgan fingerprint density at radius 2 is 2.21 bits per heavy atom. The van der Waals surface area contributed by atoms with Gasteiger partial charge in [0.1, 0.15) is 0 Å². The first kappa shape index (κ1) is 12.2. The summed E-state index contributed by atoms with van der Waals surface area (Å²) >= 11 is 1.36. The highest BCUT2D eigenvalue weighted by molar-refractivity contribution is 7.13. The van der Waals surface area contributed by atoms with E-state index in [0.29, 0.717) is 17.5 Å². The second-order valence-corrected chi connectivity index (χ2v) is 5.67. The molecule has 3 rings (SSSR count). The van der Waals surface area contributed by atoms with Gasteiger partial charge in [-0.3, -0.25) is 4.79 Å². The number of rotatable bonds is 4. The van der Waals surface area contributed by atoms with E-state index in [1.165, 1.54) is 16.9 Å². The number of nitrogen functional groups attached to an aromatic ring is 1. The molecular weight excluding hydrogens is 258 g/mol. The van der Waals surface area contributed by atoms with Crippen molar-refractivity contribution in [1.29, 1.82) is 0 Å². The number of benzene rings is 1. The van der Waals surface area contributed by atoms with Crippen LogP contribution < -0.4 is 11.1 Å². The minimum Gasteiger partial charge on any atom is -0.375 e. The maximum atomic E-state index is 11.9. The number of amides is 1. The van der Waals surface area contributed by atoms with Gasteiger partial charge < -0.3 is 11.1 Å². The average Bonchev–Trinajstić information content (AvgIpc) is 3.05. The van der Waals surface area contributed by atoms with Crippen molar-refractivity contribution >= 4 is 22.4 Å². The number of carbonyl (C=O) groups excluding carboxylic acids is 1. The number of aromatic nitrogens is 1. The fraction of sp³-hybridized carbons (Fsp3) is 0.286. The molecule has 0 aliphatic heterocycles. The van der Waals surface area contributed by atoms with Gasteiger partial charge in [-0.1, -0.05) is 30.3 Å². The lowest BCUT2D eigenvalue weighted by molar-refractivity contribution is -0.120. The summed E-state index contributed by atoms with van der Waals surface area (Å²) in [6, 6.07) is 10.6. The zero-order valence-corrected chi connectivity index (χ0v) is 11.2. The normalized spacial score (nSPS) is 21.1. The molecule has 1 saturated carbocycles. The van der Waals surface area contributed by atoms with Crippen LogP contribution in [0.1, 0.15) is 23.6 Å². The summed E-state index contributed by atoms with van der Waals surface area (Å²) in [6.45, 7) is 0. The topological polar surface area (TPSA) is 68.0 Å². The van der Waals surface area contributed by atoms with Gasteiger partial charge in [0.05, 0.1) is 12.1 Å². The Bertz CT molecular complexity index is 581. The van der Waals surface area contributed by atoms with Gasteiger partial charge in [0.25, 0.3) is 0 Å². The highest BCUT2D eigenvalue weighted by Gasteiger charge is 2.39. The standard InChI is InChI=1S/C14H15N3OS/c15-14-16-10(8-19-14)6-13(18)17-12-7-11(12)9-4-2-1-3-5-9/h1-5,8,11-12H,6-7H2,(H2,15,16)(H,17,18). The minimum atomic E-state index is 0.0220. The van der Waals surface area contributed by atoms with Gasteiger partial charge in [-0.15, -0.1) is 11.3 Å². The molecule has 3 N–H and O–H groups in total.